The van der Waals surface area contributed by atoms with Gasteiger partial charge in [-0.25, -0.2) is 4.52 Å². The Hall–Kier alpha value is -2.46. The lowest BCUT2D eigenvalue weighted by Gasteiger charge is -2.41. The van der Waals surface area contributed by atoms with Crippen molar-refractivity contribution in [3.05, 3.63) is 48.0 Å². The molecule has 1 amide bonds. The van der Waals surface area contributed by atoms with Crippen LogP contribution in [-0.2, 0) is 11.3 Å². The quantitative estimate of drug-likeness (QED) is 0.577. The molecule has 2 aromatic heterocycles. The SMILES string of the molecule is O=C(Nc1nc2cccc(-c3ccc(CN4CCS(O)(O)CC4)cc3)n2n1)C1CC1. The van der Waals surface area contributed by atoms with Gasteiger partial charge in [-0.1, -0.05) is 30.3 Å². The summed E-state index contributed by atoms with van der Waals surface area (Å²) < 4.78 is 21.3. The molecule has 3 heterocycles. The number of hydrogen-bond acceptors (Lipinski definition) is 6. The number of nitrogens with one attached hydrogen (secondary N) is 1. The summed E-state index contributed by atoms with van der Waals surface area (Å²) in [5.74, 6) is 1.36. The number of nitrogens with zero attached hydrogens (tertiary/aromatic N) is 4. The fourth-order valence-electron chi connectivity index (χ4n) is 3.70. The van der Waals surface area contributed by atoms with Crippen LogP contribution >= 0.6 is 10.6 Å². The Morgan fingerprint density at radius 2 is 1.83 bits per heavy atom. The lowest BCUT2D eigenvalue weighted by atomic mass is 10.1. The minimum atomic E-state index is -2.36. The highest BCUT2D eigenvalue weighted by atomic mass is 32.3. The van der Waals surface area contributed by atoms with Crippen LogP contribution in [0.5, 0.6) is 0 Å². The van der Waals surface area contributed by atoms with Crippen LogP contribution in [0.3, 0.4) is 0 Å². The third-order valence-corrected chi connectivity index (χ3v) is 7.34. The monoisotopic (exact) mass is 427 g/mol. The zero-order valence-corrected chi connectivity index (χ0v) is 17.4. The molecule has 2 aliphatic rings. The summed E-state index contributed by atoms with van der Waals surface area (Å²) in [6.45, 7) is 2.20. The molecule has 1 aliphatic heterocycles. The summed E-state index contributed by atoms with van der Waals surface area (Å²) in [5, 5.41) is 7.30. The average Bonchev–Trinajstić information content (AvgIpc) is 3.50. The number of pyridine rings is 1. The molecule has 3 N–H and O–H groups in total. The summed E-state index contributed by atoms with van der Waals surface area (Å²) in [5.41, 5.74) is 3.79. The molecule has 8 nitrogen and oxygen atoms in total. The van der Waals surface area contributed by atoms with Gasteiger partial charge in [0.1, 0.15) is 0 Å². The van der Waals surface area contributed by atoms with Gasteiger partial charge in [-0.05, 0) is 30.5 Å². The molecule has 3 aromatic rings. The highest BCUT2D eigenvalue weighted by Gasteiger charge is 2.30. The largest absolute Gasteiger partial charge is 0.299 e. The van der Waals surface area contributed by atoms with Gasteiger partial charge in [-0.3, -0.25) is 24.1 Å². The lowest BCUT2D eigenvalue weighted by molar-refractivity contribution is -0.117. The smallest absolute Gasteiger partial charge is 0.249 e. The highest BCUT2D eigenvalue weighted by molar-refractivity contribution is 8.24. The van der Waals surface area contributed by atoms with Crippen LogP contribution in [0, 0.1) is 5.92 Å². The van der Waals surface area contributed by atoms with Gasteiger partial charge in [0.25, 0.3) is 0 Å². The number of hydrogen-bond donors (Lipinski definition) is 3. The van der Waals surface area contributed by atoms with Crippen LogP contribution in [0.4, 0.5) is 5.95 Å². The number of rotatable bonds is 5. The molecule has 0 spiro atoms. The molecular formula is C21H25N5O3S. The number of carbonyl (C=O) groups is 1. The maximum Gasteiger partial charge on any atom is 0.249 e. The van der Waals surface area contributed by atoms with Crippen molar-refractivity contribution in [2.45, 2.75) is 19.4 Å². The van der Waals surface area contributed by atoms with Crippen molar-refractivity contribution in [2.75, 3.05) is 29.9 Å². The molecule has 0 radical (unpaired) electrons. The minimum absolute atomic E-state index is 0.00393. The van der Waals surface area contributed by atoms with Crippen molar-refractivity contribution < 1.29 is 13.9 Å². The molecule has 9 heteroatoms. The zero-order chi connectivity index (χ0) is 20.7. The highest BCUT2D eigenvalue weighted by Crippen LogP contribution is 2.40. The molecule has 1 saturated carbocycles. The van der Waals surface area contributed by atoms with Crippen LogP contribution in [0.1, 0.15) is 18.4 Å². The van der Waals surface area contributed by atoms with E-state index in [0.29, 0.717) is 36.2 Å². The maximum atomic E-state index is 12.0. The van der Waals surface area contributed by atoms with Crippen LogP contribution in [0.2, 0.25) is 0 Å². The zero-order valence-electron chi connectivity index (χ0n) is 16.6. The summed E-state index contributed by atoms with van der Waals surface area (Å²) >= 11 is 0. The second kappa shape index (κ2) is 7.66. The van der Waals surface area contributed by atoms with Gasteiger partial charge >= 0.3 is 0 Å². The molecule has 0 unspecified atom stereocenters. The predicted molar refractivity (Wildman–Crippen MR) is 118 cm³/mol. The summed E-state index contributed by atoms with van der Waals surface area (Å²) in [7, 11) is -2.36. The standard InChI is InChI=1S/C21H25N5O3S/c27-20(17-8-9-17)23-21-22-19-3-1-2-18(26(19)24-21)16-6-4-15(5-7-16)14-25-10-12-30(28,29)13-11-25/h1-7,17,28-29H,8-14H2,(H,23,24,27). The molecule has 1 aliphatic carbocycles. The molecule has 158 valence electrons. The van der Waals surface area contributed by atoms with E-state index in [1.54, 1.807) is 4.52 Å². The first-order valence-corrected chi connectivity index (χ1v) is 12.1. The second-order valence-electron chi connectivity index (χ2n) is 8.06. The van der Waals surface area contributed by atoms with E-state index in [9.17, 15) is 13.9 Å². The normalized spacial score (nSPS) is 20.2. The van der Waals surface area contributed by atoms with Gasteiger partial charge in [-0.15, -0.1) is 5.10 Å². The van der Waals surface area contributed by atoms with E-state index in [1.165, 1.54) is 5.56 Å². The van der Waals surface area contributed by atoms with Gasteiger partial charge in [-0.2, -0.15) is 15.6 Å². The lowest BCUT2D eigenvalue weighted by Crippen LogP contribution is -2.37. The fourth-order valence-corrected chi connectivity index (χ4v) is 5.00. The van der Waals surface area contributed by atoms with Crippen molar-refractivity contribution in [2.24, 2.45) is 5.92 Å². The van der Waals surface area contributed by atoms with E-state index in [4.69, 9.17) is 0 Å². The predicted octanol–water partition coefficient (Wildman–Crippen LogP) is 3.31. The molecular weight excluding hydrogens is 402 g/mol. The van der Waals surface area contributed by atoms with Gasteiger partial charge in [0, 0.05) is 31.1 Å². The first-order chi connectivity index (χ1) is 14.5. The topological polar surface area (TPSA) is 103 Å². The summed E-state index contributed by atoms with van der Waals surface area (Å²) in [6, 6.07) is 14.1. The van der Waals surface area contributed by atoms with E-state index in [0.717, 1.165) is 30.6 Å². The van der Waals surface area contributed by atoms with Crippen LogP contribution in [0.25, 0.3) is 16.9 Å². The first-order valence-electron chi connectivity index (χ1n) is 10.2. The number of benzene rings is 1. The Bertz CT molecular complexity index is 1070. The maximum absolute atomic E-state index is 12.0. The van der Waals surface area contributed by atoms with Gasteiger partial charge < -0.3 is 0 Å². The van der Waals surface area contributed by atoms with Crippen LogP contribution in [0.15, 0.2) is 42.5 Å². The molecule has 1 aromatic carbocycles. The van der Waals surface area contributed by atoms with Crippen molar-refractivity contribution >= 4 is 28.1 Å². The van der Waals surface area contributed by atoms with E-state index in [1.807, 2.05) is 18.2 Å². The molecule has 1 saturated heterocycles. The van der Waals surface area contributed by atoms with E-state index >= 15 is 0 Å². The van der Waals surface area contributed by atoms with Crippen LogP contribution < -0.4 is 5.32 Å². The summed E-state index contributed by atoms with van der Waals surface area (Å²) in [6.07, 6.45) is 1.88. The molecule has 2 fully saturated rings. The number of amides is 1. The third-order valence-electron chi connectivity index (χ3n) is 5.67. The summed E-state index contributed by atoms with van der Waals surface area (Å²) in [4.78, 5) is 18.7. The average molecular weight is 428 g/mol. The molecule has 0 atom stereocenters. The Balaban J connectivity index is 1.32. The Kier molecular flexibility index (Phi) is 4.98. The van der Waals surface area contributed by atoms with Gasteiger partial charge in [0.2, 0.25) is 11.9 Å². The van der Waals surface area contributed by atoms with E-state index < -0.39 is 10.6 Å². The van der Waals surface area contributed by atoms with E-state index in [-0.39, 0.29) is 11.8 Å². The van der Waals surface area contributed by atoms with Gasteiger partial charge in [0.15, 0.2) is 5.65 Å². The molecule has 30 heavy (non-hydrogen) atoms. The number of fused-ring (bicyclic) bond motifs is 1. The number of carbonyl (C=O) groups excluding carboxylic acids is 1. The molecule has 0 bridgehead atoms. The van der Waals surface area contributed by atoms with Crippen LogP contribution in [-0.4, -0.2) is 59.1 Å². The van der Waals surface area contributed by atoms with Crippen molar-refractivity contribution in [1.29, 1.82) is 0 Å². The fraction of sp³-hybridized carbons (Fsp3) is 0.381. The number of anilines is 1. The molecule has 5 rings (SSSR count). The third kappa shape index (κ3) is 4.20. The minimum Gasteiger partial charge on any atom is -0.299 e. The van der Waals surface area contributed by atoms with Crippen molar-refractivity contribution in [1.82, 2.24) is 19.5 Å². The van der Waals surface area contributed by atoms with E-state index in [2.05, 4.69) is 44.6 Å². The second-order valence-corrected chi connectivity index (χ2v) is 10.5. The van der Waals surface area contributed by atoms with Gasteiger partial charge in [0.05, 0.1) is 17.2 Å². The first kappa shape index (κ1) is 19.5. The Morgan fingerprint density at radius 1 is 1.10 bits per heavy atom. The Morgan fingerprint density at radius 3 is 2.53 bits per heavy atom. The Labute approximate surface area is 176 Å². The number of aromatic nitrogens is 3. The van der Waals surface area contributed by atoms with Crippen molar-refractivity contribution in [3.63, 3.8) is 0 Å². The van der Waals surface area contributed by atoms with Crippen molar-refractivity contribution in [3.8, 4) is 11.3 Å².